The maximum atomic E-state index is 12.2. The smallest absolute Gasteiger partial charge is 0.269 e. The fourth-order valence-corrected chi connectivity index (χ4v) is 2.87. The maximum absolute atomic E-state index is 12.2. The molecule has 2 aromatic rings. The number of hydrogen-bond donors (Lipinski definition) is 2. The van der Waals surface area contributed by atoms with Gasteiger partial charge in [0.1, 0.15) is 5.69 Å². The van der Waals surface area contributed by atoms with Crippen LogP contribution in [0.15, 0.2) is 36.4 Å². The van der Waals surface area contributed by atoms with Crippen LogP contribution in [0.2, 0.25) is 0 Å². The van der Waals surface area contributed by atoms with Crippen molar-refractivity contribution in [2.24, 2.45) is 0 Å². The van der Waals surface area contributed by atoms with Crippen LogP contribution in [0.1, 0.15) is 36.2 Å². The second-order valence-corrected chi connectivity index (χ2v) is 5.98. The highest BCUT2D eigenvalue weighted by molar-refractivity contribution is 5.93. The first-order valence-electron chi connectivity index (χ1n) is 8.41. The molecule has 0 atom stereocenters. The summed E-state index contributed by atoms with van der Waals surface area (Å²) in [6, 6.07) is 11.4. The molecule has 1 saturated heterocycles. The molecule has 0 spiro atoms. The topological polar surface area (TPSA) is 78.1 Å². The van der Waals surface area contributed by atoms with E-state index in [-0.39, 0.29) is 11.8 Å². The lowest BCUT2D eigenvalue weighted by Gasteiger charge is -2.20. The number of aromatic amines is 1. The van der Waals surface area contributed by atoms with Crippen LogP contribution in [-0.4, -0.2) is 46.5 Å². The SMILES string of the molecule is O=C(NCCN1CCCCCC1=O)c1cc(-c2ccccc2)n[nH]1. The van der Waals surface area contributed by atoms with Gasteiger partial charge < -0.3 is 10.2 Å². The van der Waals surface area contributed by atoms with Crippen molar-refractivity contribution in [3.63, 3.8) is 0 Å². The van der Waals surface area contributed by atoms with Crippen molar-refractivity contribution in [3.05, 3.63) is 42.1 Å². The van der Waals surface area contributed by atoms with E-state index in [1.165, 1.54) is 0 Å². The van der Waals surface area contributed by atoms with Gasteiger partial charge >= 0.3 is 0 Å². The molecule has 6 nitrogen and oxygen atoms in total. The summed E-state index contributed by atoms with van der Waals surface area (Å²) in [6.07, 6.45) is 3.73. The zero-order valence-electron chi connectivity index (χ0n) is 13.6. The van der Waals surface area contributed by atoms with Crippen molar-refractivity contribution in [1.29, 1.82) is 0 Å². The van der Waals surface area contributed by atoms with Crippen LogP contribution in [0.3, 0.4) is 0 Å². The molecule has 1 aromatic heterocycles. The third-order valence-corrected chi connectivity index (χ3v) is 4.23. The predicted octanol–water partition coefficient (Wildman–Crippen LogP) is 2.21. The molecular formula is C18H22N4O2. The number of carbonyl (C=O) groups is 2. The Labute approximate surface area is 141 Å². The standard InChI is InChI=1S/C18H22N4O2/c23-17-9-5-2-6-11-22(17)12-10-19-18(24)16-13-15(20-21-16)14-7-3-1-4-8-14/h1,3-4,7-8,13H,2,5-6,9-12H2,(H,19,24)(H,20,21). The van der Waals surface area contributed by atoms with Gasteiger partial charge in [-0.15, -0.1) is 0 Å². The minimum Gasteiger partial charge on any atom is -0.349 e. The van der Waals surface area contributed by atoms with Gasteiger partial charge in [-0.25, -0.2) is 0 Å². The van der Waals surface area contributed by atoms with Crippen LogP contribution in [0.4, 0.5) is 0 Å². The van der Waals surface area contributed by atoms with Gasteiger partial charge in [0, 0.05) is 31.6 Å². The highest BCUT2D eigenvalue weighted by Gasteiger charge is 2.17. The van der Waals surface area contributed by atoms with Gasteiger partial charge in [0.05, 0.1) is 5.69 Å². The number of carbonyl (C=O) groups excluding carboxylic acids is 2. The number of benzene rings is 1. The Morgan fingerprint density at radius 3 is 2.88 bits per heavy atom. The zero-order chi connectivity index (χ0) is 16.8. The zero-order valence-corrected chi connectivity index (χ0v) is 13.6. The molecule has 2 heterocycles. The van der Waals surface area contributed by atoms with E-state index < -0.39 is 0 Å². The van der Waals surface area contributed by atoms with Crippen molar-refractivity contribution in [2.75, 3.05) is 19.6 Å². The number of H-pyrrole nitrogens is 1. The number of rotatable bonds is 5. The van der Waals surface area contributed by atoms with Crippen LogP contribution < -0.4 is 5.32 Å². The lowest BCUT2D eigenvalue weighted by molar-refractivity contribution is -0.130. The van der Waals surface area contributed by atoms with Crippen LogP contribution in [0.5, 0.6) is 0 Å². The van der Waals surface area contributed by atoms with Gasteiger partial charge in [-0.05, 0) is 18.9 Å². The van der Waals surface area contributed by atoms with Crippen LogP contribution in [0.25, 0.3) is 11.3 Å². The fourth-order valence-electron chi connectivity index (χ4n) is 2.87. The lowest BCUT2D eigenvalue weighted by Crippen LogP contribution is -2.38. The van der Waals surface area contributed by atoms with E-state index in [0.29, 0.717) is 25.2 Å². The summed E-state index contributed by atoms with van der Waals surface area (Å²) in [6.45, 7) is 1.80. The van der Waals surface area contributed by atoms with Crippen LogP contribution >= 0.6 is 0 Å². The number of nitrogens with one attached hydrogen (secondary N) is 2. The van der Waals surface area contributed by atoms with Gasteiger partial charge in [-0.1, -0.05) is 36.8 Å². The third kappa shape index (κ3) is 4.01. The molecule has 2 amide bonds. The fraction of sp³-hybridized carbons (Fsp3) is 0.389. The third-order valence-electron chi connectivity index (χ3n) is 4.23. The van der Waals surface area contributed by atoms with E-state index in [0.717, 1.165) is 37.1 Å². The summed E-state index contributed by atoms with van der Waals surface area (Å²) in [4.78, 5) is 26.0. The van der Waals surface area contributed by atoms with Gasteiger partial charge in [-0.3, -0.25) is 14.7 Å². The average molecular weight is 326 g/mol. The van der Waals surface area contributed by atoms with Crippen molar-refractivity contribution in [1.82, 2.24) is 20.4 Å². The van der Waals surface area contributed by atoms with Gasteiger partial charge in [-0.2, -0.15) is 5.10 Å². The Morgan fingerprint density at radius 1 is 1.21 bits per heavy atom. The Morgan fingerprint density at radius 2 is 2.04 bits per heavy atom. The van der Waals surface area contributed by atoms with Crippen molar-refractivity contribution in [3.8, 4) is 11.3 Å². The van der Waals surface area contributed by atoms with E-state index >= 15 is 0 Å². The molecule has 0 radical (unpaired) electrons. The number of hydrogen-bond acceptors (Lipinski definition) is 3. The second kappa shape index (κ2) is 7.77. The summed E-state index contributed by atoms with van der Waals surface area (Å²) in [5.41, 5.74) is 2.13. The molecule has 1 aliphatic heterocycles. The maximum Gasteiger partial charge on any atom is 0.269 e. The second-order valence-electron chi connectivity index (χ2n) is 5.98. The normalized spacial score (nSPS) is 15.2. The van der Waals surface area contributed by atoms with Gasteiger partial charge in [0.25, 0.3) is 5.91 Å². The highest BCUT2D eigenvalue weighted by atomic mass is 16.2. The van der Waals surface area contributed by atoms with Crippen LogP contribution in [-0.2, 0) is 4.79 Å². The summed E-state index contributed by atoms with van der Waals surface area (Å²) in [5.74, 6) is -0.0124. The van der Waals surface area contributed by atoms with E-state index in [9.17, 15) is 9.59 Å². The Kier molecular flexibility index (Phi) is 5.25. The molecule has 6 heteroatoms. The molecule has 3 rings (SSSR count). The predicted molar refractivity (Wildman–Crippen MR) is 91.4 cm³/mol. The van der Waals surface area contributed by atoms with E-state index in [1.54, 1.807) is 6.07 Å². The van der Waals surface area contributed by atoms with E-state index in [4.69, 9.17) is 0 Å². The first-order chi connectivity index (χ1) is 11.7. The van der Waals surface area contributed by atoms with Gasteiger partial charge in [0.15, 0.2) is 0 Å². The Balaban J connectivity index is 1.52. The minimum atomic E-state index is -0.202. The largest absolute Gasteiger partial charge is 0.349 e. The summed E-state index contributed by atoms with van der Waals surface area (Å²) in [7, 11) is 0. The molecule has 0 unspecified atom stereocenters. The highest BCUT2D eigenvalue weighted by Crippen LogP contribution is 2.16. The number of aromatic nitrogens is 2. The van der Waals surface area contributed by atoms with Crippen molar-refractivity contribution < 1.29 is 9.59 Å². The van der Waals surface area contributed by atoms with Crippen molar-refractivity contribution >= 4 is 11.8 Å². The first-order valence-corrected chi connectivity index (χ1v) is 8.41. The van der Waals surface area contributed by atoms with E-state index in [1.807, 2.05) is 35.2 Å². The molecule has 126 valence electrons. The number of likely N-dealkylation sites (tertiary alicyclic amines) is 1. The van der Waals surface area contributed by atoms with Crippen molar-refractivity contribution in [2.45, 2.75) is 25.7 Å². The molecule has 0 bridgehead atoms. The van der Waals surface area contributed by atoms with Crippen LogP contribution in [0, 0.1) is 0 Å². The number of amides is 2. The molecular weight excluding hydrogens is 304 g/mol. The molecule has 1 aliphatic rings. The van der Waals surface area contributed by atoms with Gasteiger partial charge in [0.2, 0.25) is 5.91 Å². The number of nitrogens with zero attached hydrogens (tertiary/aromatic N) is 2. The Hall–Kier alpha value is -2.63. The quantitative estimate of drug-likeness (QED) is 0.884. The van der Waals surface area contributed by atoms with E-state index in [2.05, 4.69) is 15.5 Å². The molecule has 24 heavy (non-hydrogen) atoms. The molecule has 2 N–H and O–H groups in total. The monoisotopic (exact) mass is 326 g/mol. The first kappa shape index (κ1) is 16.2. The average Bonchev–Trinajstić information content (AvgIpc) is 3.02. The Bertz CT molecular complexity index is 696. The summed E-state index contributed by atoms with van der Waals surface area (Å²) < 4.78 is 0. The molecule has 0 saturated carbocycles. The lowest BCUT2D eigenvalue weighted by atomic mass is 10.1. The molecule has 1 aromatic carbocycles. The summed E-state index contributed by atoms with van der Waals surface area (Å²) in [5, 5.41) is 9.80. The summed E-state index contributed by atoms with van der Waals surface area (Å²) >= 11 is 0. The molecule has 1 fully saturated rings. The minimum absolute atomic E-state index is 0.189. The molecule has 0 aliphatic carbocycles.